The topological polar surface area (TPSA) is 64.7 Å². The molecule has 3 rings (SSSR count). The molecule has 2 aliphatic rings. The molecule has 2 heterocycles. The van der Waals surface area contributed by atoms with Gasteiger partial charge < -0.3 is 15.5 Å². The van der Waals surface area contributed by atoms with Gasteiger partial charge in [-0.25, -0.2) is 4.79 Å². The van der Waals surface area contributed by atoms with Gasteiger partial charge in [0, 0.05) is 32.2 Å². The fraction of sp³-hybridized carbons (Fsp3) is 0.600. The summed E-state index contributed by atoms with van der Waals surface area (Å²) in [7, 11) is 0. The molecule has 6 heteroatoms. The van der Waals surface area contributed by atoms with Gasteiger partial charge in [-0.15, -0.1) is 0 Å². The lowest BCUT2D eigenvalue weighted by Gasteiger charge is -2.36. The first kappa shape index (κ1) is 18.7. The number of hydrogen-bond acceptors (Lipinski definition) is 3. The smallest absolute Gasteiger partial charge is 0.317 e. The highest BCUT2D eigenvalue weighted by Crippen LogP contribution is 2.21. The van der Waals surface area contributed by atoms with Crippen molar-refractivity contribution in [3.05, 3.63) is 35.9 Å². The number of hydrogen-bond donors (Lipinski definition) is 2. The third-order valence-corrected chi connectivity index (χ3v) is 5.28. The molecule has 2 saturated heterocycles. The minimum Gasteiger partial charge on any atom is -0.354 e. The van der Waals surface area contributed by atoms with Gasteiger partial charge in [-0.05, 0) is 37.8 Å². The van der Waals surface area contributed by atoms with E-state index in [1.54, 1.807) is 4.90 Å². The Kier molecular flexibility index (Phi) is 6.89. The van der Waals surface area contributed by atoms with Gasteiger partial charge in [0.15, 0.2) is 0 Å². The van der Waals surface area contributed by atoms with Gasteiger partial charge in [0.25, 0.3) is 0 Å². The molecular formula is C20H30N4O2. The Morgan fingerprint density at radius 2 is 2.00 bits per heavy atom. The number of rotatable bonds is 5. The van der Waals surface area contributed by atoms with Crippen LogP contribution in [0.5, 0.6) is 0 Å². The lowest BCUT2D eigenvalue weighted by atomic mass is 9.98. The molecule has 2 N–H and O–H groups in total. The van der Waals surface area contributed by atoms with Crippen molar-refractivity contribution < 1.29 is 9.59 Å². The van der Waals surface area contributed by atoms with Gasteiger partial charge >= 0.3 is 6.03 Å². The van der Waals surface area contributed by atoms with Gasteiger partial charge in [-0.1, -0.05) is 36.8 Å². The van der Waals surface area contributed by atoms with Crippen LogP contribution in [0, 0.1) is 0 Å². The van der Waals surface area contributed by atoms with E-state index in [0.717, 1.165) is 25.9 Å². The van der Waals surface area contributed by atoms with E-state index in [1.807, 2.05) is 0 Å². The third-order valence-electron chi connectivity index (χ3n) is 5.28. The number of carbonyl (C=O) groups excluding carboxylic acids is 2. The largest absolute Gasteiger partial charge is 0.354 e. The Bertz CT molecular complexity index is 593. The zero-order chi connectivity index (χ0) is 18.2. The fourth-order valence-corrected chi connectivity index (χ4v) is 3.85. The number of nitrogens with zero attached hydrogens (tertiary/aromatic N) is 2. The molecule has 2 fully saturated rings. The van der Waals surface area contributed by atoms with Crippen molar-refractivity contribution in [3.8, 4) is 0 Å². The van der Waals surface area contributed by atoms with Crippen LogP contribution < -0.4 is 10.6 Å². The van der Waals surface area contributed by atoms with E-state index in [9.17, 15) is 9.59 Å². The van der Waals surface area contributed by atoms with Crippen molar-refractivity contribution in [1.82, 2.24) is 20.4 Å². The highest BCUT2D eigenvalue weighted by molar-refractivity contribution is 5.84. The van der Waals surface area contributed by atoms with Gasteiger partial charge in [-0.2, -0.15) is 0 Å². The number of likely N-dealkylation sites (tertiary alicyclic amines) is 1. The number of benzene rings is 1. The van der Waals surface area contributed by atoms with E-state index >= 15 is 0 Å². The number of urea groups is 1. The predicted molar refractivity (Wildman–Crippen MR) is 102 cm³/mol. The van der Waals surface area contributed by atoms with Crippen molar-refractivity contribution in [2.75, 3.05) is 32.7 Å². The Labute approximate surface area is 155 Å². The maximum absolute atomic E-state index is 12.3. The summed E-state index contributed by atoms with van der Waals surface area (Å²) in [5.74, 6) is -0.0704. The van der Waals surface area contributed by atoms with E-state index in [-0.39, 0.29) is 18.5 Å². The first-order valence-electron chi connectivity index (χ1n) is 9.80. The lowest BCUT2D eigenvalue weighted by Crippen LogP contribution is -2.45. The molecule has 0 aromatic heterocycles. The van der Waals surface area contributed by atoms with E-state index < -0.39 is 0 Å². The highest BCUT2D eigenvalue weighted by atomic mass is 16.2. The fourth-order valence-electron chi connectivity index (χ4n) is 3.85. The van der Waals surface area contributed by atoms with E-state index in [0.29, 0.717) is 25.7 Å². The first-order chi connectivity index (χ1) is 12.7. The van der Waals surface area contributed by atoms with Crippen LogP contribution in [0.2, 0.25) is 0 Å². The van der Waals surface area contributed by atoms with Gasteiger partial charge in [0.05, 0.1) is 0 Å². The Balaban J connectivity index is 1.46. The number of carbonyl (C=O) groups is 2. The van der Waals surface area contributed by atoms with E-state index in [1.165, 1.54) is 24.8 Å². The zero-order valence-electron chi connectivity index (χ0n) is 15.5. The molecule has 0 spiro atoms. The normalized spacial score (nSPS) is 21.8. The van der Waals surface area contributed by atoms with Gasteiger partial charge in [0.1, 0.15) is 6.54 Å². The molecule has 1 atom stereocenters. The summed E-state index contributed by atoms with van der Waals surface area (Å²) in [4.78, 5) is 28.1. The molecule has 1 unspecified atom stereocenters. The molecule has 1 aromatic rings. The van der Waals surface area contributed by atoms with Crippen molar-refractivity contribution in [3.63, 3.8) is 0 Å². The number of nitrogens with one attached hydrogen (secondary N) is 2. The monoisotopic (exact) mass is 358 g/mol. The molecule has 0 bridgehead atoms. The van der Waals surface area contributed by atoms with Crippen LogP contribution in [-0.2, 0) is 11.3 Å². The molecule has 1 aromatic carbocycles. The number of amides is 3. The third kappa shape index (κ3) is 5.46. The average molecular weight is 358 g/mol. The summed E-state index contributed by atoms with van der Waals surface area (Å²) in [5, 5.41) is 5.81. The van der Waals surface area contributed by atoms with Crippen molar-refractivity contribution >= 4 is 11.9 Å². The molecule has 0 radical (unpaired) electrons. The van der Waals surface area contributed by atoms with Crippen molar-refractivity contribution in [2.45, 2.75) is 44.7 Å². The second-order valence-corrected chi connectivity index (χ2v) is 7.25. The molecule has 142 valence electrons. The molecule has 26 heavy (non-hydrogen) atoms. The second kappa shape index (κ2) is 9.57. The van der Waals surface area contributed by atoms with Crippen LogP contribution in [0.15, 0.2) is 30.3 Å². The highest BCUT2D eigenvalue weighted by Gasteiger charge is 2.23. The second-order valence-electron chi connectivity index (χ2n) is 7.25. The lowest BCUT2D eigenvalue weighted by molar-refractivity contribution is -0.121. The summed E-state index contributed by atoms with van der Waals surface area (Å²) in [5.41, 5.74) is 1.35. The maximum atomic E-state index is 12.3. The summed E-state index contributed by atoms with van der Waals surface area (Å²) >= 11 is 0. The van der Waals surface area contributed by atoms with Crippen LogP contribution in [0.3, 0.4) is 0 Å². The van der Waals surface area contributed by atoms with Crippen LogP contribution in [-0.4, -0.2) is 60.5 Å². The van der Waals surface area contributed by atoms with Crippen LogP contribution in [0.1, 0.15) is 37.7 Å². The minimum atomic E-state index is -0.118. The van der Waals surface area contributed by atoms with Gasteiger partial charge in [-0.3, -0.25) is 9.69 Å². The summed E-state index contributed by atoms with van der Waals surface area (Å²) in [6.45, 7) is 4.21. The molecule has 3 amide bonds. The molecule has 0 saturated carbocycles. The summed E-state index contributed by atoms with van der Waals surface area (Å²) < 4.78 is 0. The van der Waals surface area contributed by atoms with E-state index in [4.69, 9.17) is 0 Å². The van der Waals surface area contributed by atoms with Crippen molar-refractivity contribution in [2.24, 2.45) is 0 Å². The molecule has 0 aliphatic carbocycles. The van der Waals surface area contributed by atoms with Crippen LogP contribution in [0.4, 0.5) is 4.79 Å². The zero-order valence-corrected chi connectivity index (χ0v) is 15.5. The number of piperidine rings is 1. The maximum Gasteiger partial charge on any atom is 0.317 e. The molecular weight excluding hydrogens is 328 g/mol. The first-order valence-corrected chi connectivity index (χ1v) is 9.80. The SMILES string of the molecule is O=C1CN(C(=O)NCCC2CCCCN2Cc2ccccc2)CCCN1. The minimum absolute atomic E-state index is 0.0704. The van der Waals surface area contributed by atoms with Crippen molar-refractivity contribution in [1.29, 1.82) is 0 Å². The average Bonchev–Trinajstić information content (AvgIpc) is 2.88. The Morgan fingerprint density at radius 1 is 1.15 bits per heavy atom. The van der Waals surface area contributed by atoms with Gasteiger partial charge in [0.2, 0.25) is 5.91 Å². The Hall–Kier alpha value is -2.08. The Morgan fingerprint density at radius 3 is 2.85 bits per heavy atom. The van der Waals surface area contributed by atoms with Crippen LogP contribution in [0.25, 0.3) is 0 Å². The quantitative estimate of drug-likeness (QED) is 0.846. The van der Waals surface area contributed by atoms with E-state index in [2.05, 4.69) is 45.9 Å². The predicted octanol–water partition coefficient (Wildman–Crippen LogP) is 1.96. The van der Waals surface area contributed by atoms with Crippen LogP contribution >= 0.6 is 0 Å². The summed E-state index contributed by atoms with van der Waals surface area (Å²) in [6.07, 6.45) is 5.47. The summed E-state index contributed by atoms with van der Waals surface area (Å²) in [6, 6.07) is 11.0. The molecule has 2 aliphatic heterocycles. The standard InChI is InChI=1S/C20H30N4O2/c25-19-16-24(14-6-11-21-19)20(26)22-12-10-18-9-4-5-13-23(18)15-17-7-2-1-3-8-17/h1-3,7-8,18H,4-6,9-16H2,(H,21,25)(H,22,26). The molecule has 6 nitrogen and oxygen atoms in total.